The fraction of sp³-hybridized carbons (Fsp3) is 0.545. The molecule has 2 heterocycles. The van der Waals surface area contributed by atoms with Gasteiger partial charge in [0.05, 0.1) is 11.5 Å². The molecule has 6 heteroatoms. The molecule has 2 rings (SSSR count). The largest absolute Gasteiger partial charge is 0.355 e. The highest BCUT2D eigenvalue weighted by Gasteiger charge is 2.31. The number of hydrogen-bond donors (Lipinski definition) is 1. The molecule has 0 aromatic carbocycles. The van der Waals surface area contributed by atoms with Crippen molar-refractivity contribution in [2.45, 2.75) is 19.0 Å². The summed E-state index contributed by atoms with van der Waals surface area (Å²) in [5.41, 5.74) is 6.60. The molecule has 1 aromatic rings. The minimum Gasteiger partial charge on any atom is -0.355 e. The van der Waals surface area contributed by atoms with E-state index < -0.39 is 9.84 Å². The molecule has 0 amide bonds. The fourth-order valence-electron chi connectivity index (χ4n) is 2.16. The van der Waals surface area contributed by atoms with Gasteiger partial charge in [0.25, 0.3) is 0 Å². The summed E-state index contributed by atoms with van der Waals surface area (Å²) in [7, 11) is -0.987. The number of nitrogens with two attached hydrogens (primary N) is 1. The van der Waals surface area contributed by atoms with E-state index in [-0.39, 0.29) is 17.5 Å². The monoisotopic (exact) mass is 255 g/mol. The Morgan fingerprint density at radius 1 is 1.59 bits per heavy atom. The highest BCUT2D eigenvalue weighted by Crippen LogP contribution is 2.23. The average molecular weight is 255 g/mol. The van der Waals surface area contributed by atoms with Crippen LogP contribution in [0, 0.1) is 0 Å². The molecule has 1 fully saturated rings. The van der Waals surface area contributed by atoms with E-state index >= 15 is 0 Å². The Balaban J connectivity index is 2.23. The van der Waals surface area contributed by atoms with Crippen LogP contribution in [0.5, 0.6) is 0 Å². The number of anilines is 1. The molecule has 0 spiro atoms. The van der Waals surface area contributed by atoms with Crippen LogP contribution >= 0.6 is 0 Å². The van der Waals surface area contributed by atoms with Gasteiger partial charge in [-0.25, -0.2) is 13.4 Å². The lowest BCUT2D eigenvalue weighted by Gasteiger charge is -2.26. The summed E-state index contributed by atoms with van der Waals surface area (Å²) in [5, 5.41) is 0. The smallest absolute Gasteiger partial charge is 0.152 e. The van der Waals surface area contributed by atoms with E-state index in [0.717, 1.165) is 11.4 Å². The van der Waals surface area contributed by atoms with Gasteiger partial charge in [-0.05, 0) is 12.5 Å². The van der Waals surface area contributed by atoms with Crippen molar-refractivity contribution in [3.63, 3.8) is 0 Å². The van der Waals surface area contributed by atoms with Gasteiger partial charge in [0.15, 0.2) is 9.84 Å². The highest BCUT2D eigenvalue weighted by molar-refractivity contribution is 7.91. The Bertz CT molecular complexity index is 501. The maximum atomic E-state index is 11.5. The molecule has 17 heavy (non-hydrogen) atoms. The first-order valence-electron chi connectivity index (χ1n) is 5.61. The fourth-order valence-corrected chi connectivity index (χ4v) is 3.94. The average Bonchev–Trinajstić information content (AvgIpc) is 2.68. The Morgan fingerprint density at radius 2 is 2.35 bits per heavy atom. The van der Waals surface area contributed by atoms with Gasteiger partial charge in [0.2, 0.25) is 0 Å². The molecule has 0 bridgehead atoms. The molecule has 0 aliphatic carbocycles. The van der Waals surface area contributed by atoms with Gasteiger partial charge in [-0.15, -0.1) is 0 Å². The van der Waals surface area contributed by atoms with Crippen molar-refractivity contribution in [3.05, 3.63) is 23.9 Å². The minimum atomic E-state index is -2.87. The molecule has 1 saturated heterocycles. The second-order valence-electron chi connectivity index (χ2n) is 4.36. The van der Waals surface area contributed by atoms with Crippen LogP contribution in [0.25, 0.3) is 0 Å². The molecule has 1 atom stereocenters. The molecular formula is C11H17N3O2S. The molecule has 1 aliphatic heterocycles. The van der Waals surface area contributed by atoms with Crippen molar-refractivity contribution in [1.82, 2.24) is 4.98 Å². The lowest BCUT2D eigenvalue weighted by atomic mass is 10.2. The summed E-state index contributed by atoms with van der Waals surface area (Å²) < 4.78 is 22.9. The van der Waals surface area contributed by atoms with Gasteiger partial charge >= 0.3 is 0 Å². The Hall–Kier alpha value is -1.14. The molecule has 0 saturated carbocycles. The summed E-state index contributed by atoms with van der Waals surface area (Å²) in [5.74, 6) is 1.27. The number of sulfone groups is 1. The topological polar surface area (TPSA) is 76.3 Å². The zero-order valence-electron chi connectivity index (χ0n) is 9.83. The molecule has 2 N–H and O–H groups in total. The van der Waals surface area contributed by atoms with Crippen molar-refractivity contribution in [2.24, 2.45) is 5.73 Å². The third kappa shape index (κ3) is 2.58. The van der Waals surface area contributed by atoms with E-state index in [4.69, 9.17) is 5.73 Å². The van der Waals surface area contributed by atoms with Crippen molar-refractivity contribution in [1.29, 1.82) is 0 Å². The Labute approximate surface area is 102 Å². The summed E-state index contributed by atoms with van der Waals surface area (Å²) in [4.78, 5) is 6.23. The van der Waals surface area contributed by atoms with Crippen LogP contribution < -0.4 is 10.6 Å². The van der Waals surface area contributed by atoms with Crippen LogP contribution in [0.4, 0.5) is 5.82 Å². The predicted molar refractivity (Wildman–Crippen MR) is 67.6 cm³/mol. The number of pyridine rings is 1. The highest BCUT2D eigenvalue weighted by atomic mass is 32.2. The van der Waals surface area contributed by atoms with Crippen molar-refractivity contribution >= 4 is 15.7 Å². The predicted octanol–water partition coefficient (Wildman–Crippen LogP) is 0.164. The molecular weight excluding hydrogens is 238 g/mol. The number of aromatic nitrogens is 1. The normalized spacial score (nSPS) is 22.6. The second kappa shape index (κ2) is 4.62. The van der Waals surface area contributed by atoms with E-state index in [0.29, 0.717) is 13.0 Å². The van der Waals surface area contributed by atoms with E-state index in [1.807, 2.05) is 24.1 Å². The minimum absolute atomic E-state index is 0.0141. The lowest BCUT2D eigenvalue weighted by molar-refractivity contribution is 0.600. The zero-order chi connectivity index (χ0) is 12.5. The van der Waals surface area contributed by atoms with Crippen LogP contribution in [-0.4, -0.2) is 38.0 Å². The standard InChI is InChI=1S/C11H17N3O2S/c1-14(10-4-6-17(15,16)8-10)11-9(7-12)3-2-5-13-11/h2-3,5,10H,4,6-8,12H2,1H3. The van der Waals surface area contributed by atoms with Gasteiger partial charge in [-0.3, -0.25) is 0 Å². The van der Waals surface area contributed by atoms with E-state index in [9.17, 15) is 8.42 Å². The first-order valence-corrected chi connectivity index (χ1v) is 7.43. The van der Waals surface area contributed by atoms with Gasteiger partial charge in [0.1, 0.15) is 5.82 Å². The van der Waals surface area contributed by atoms with Crippen molar-refractivity contribution < 1.29 is 8.42 Å². The van der Waals surface area contributed by atoms with Crippen molar-refractivity contribution in [3.8, 4) is 0 Å². The summed E-state index contributed by atoms with van der Waals surface area (Å²) in [6.07, 6.45) is 2.37. The number of rotatable bonds is 3. The SMILES string of the molecule is CN(c1ncccc1CN)C1CCS(=O)(=O)C1. The third-order valence-electron chi connectivity index (χ3n) is 3.18. The van der Waals surface area contributed by atoms with Crippen LogP contribution in [0.3, 0.4) is 0 Å². The summed E-state index contributed by atoms with van der Waals surface area (Å²) >= 11 is 0. The maximum Gasteiger partial charge on any atom is 0.152 e. The second-order valence-corrected chi connectivity index (χ2v) is 6.59. The van der Waals surface area contributed by atoms with E-state index in [1.165, 1.54) is 0 Å². The van der Waals surface area contributed by atoms with Gasteiger partial charge in [0, 0.05) is 31.4 Å². The third-order valence-corrected chi connectivity index (χ3v) is 4.93. The van der Waals surface area contributed by atoms with Gasteiger partial charge < -0.3 is 10.6 Å². The molecule has 1 unspecified atom stereocenters. The Kier molecular flexibility index (Phi) is 3.35. The zero-order valence-corrected chi connectivity index (χ0v) is 10.7. The number of nitrogens with zero attached hydrogens (tertiary/aromatic N) is 2. The maximum absolute atomic E-state index is 11.5. The molecule has 1 aliphatic rings. The molecule has 1 aromatic heterocycles. The van der Waals surface area contributed by atoms with Crippen LogP contribution in [0.2, 0.25) is 0 Å². The van der Waals surface area contributed by atoms with Gasteiger partial charge in [-0.1, -0.05) is 6.07 Å². The molecule has 0 radical (unpaired) electrons. The van der Waals surface area contributed by atoms with Crippen molar-refractivity contribution in [2.75, 3.05) is 23.5 Å². The lowest BCUT2D eigenvalue weighted by Crippen LogP contribution is -2.34. The first-order chi connectivity index (χ1) is 8.03. The van der Waals surface area contributed by atoms with Gasteiger partial charge in [-0.2, -0.15) is 0 Å². The van der Waals surface area contributed by atoms with Crippen LogP contribution in [0.1, 0.15) is 12.0 Å². The van der Waals surface area contributed by atoms with Crippen LogP contribution in [0.15, 0.2) is 18.3 Å². The summed E-state index contributed by atoms with van der Waals surface area (Å²) in [6.45, 7) is 0.410. The molecule has 94 valence electrons. The quantitative estimate of drug-likeness (QED) is 0.833. The first kappa shape index (κ1) is 12.3. The van der Waals surface area contributed by atoms with E-state index in [1.54, 1.807) is 6.20 Å². The van der Waals surface area contributed by atoms with Crippen LogP contribution in [-0.2, 0) is 16.4 Å². The number of hydrogen-bond acceptors (Lipinski definition) is 5. The summed E-state index contributed by atoms with van der Waals surface area (Å²) in [6, 6.07) is 3.77. The molecule has 5 nitrogen and oxygen atoms in total. The Morgan fingerprint density at radius 3 is 2.94 bits per heavy atom. The van der Waals surface area contributed by atoms with E-state index in [2.05, 4.69) is 4.98 Å².